The first-order valence-electron chi connectivity index (χ1n) is 19.5. The first-order chi connectivity index (χ1) is 29.0. The van der Waals surface area contributed by atoms with E-state index in [9.17, 15) is 28.8 Å². The van der Waals surface area contributed by atoms with E-state index >= 15 is 0 Å². The third-order valence-electron chi connectivity index (χ3n) is 10.5. The van der Waals surface area contributed by atoms with E-state index < -0.39 is 29.7 Å². The largest absolute Gasteiger partial charge is 0.490 e. The molecule has 5 amide bonds. The molecule has 0 aliphatic carbocycles. The summed E-state index contributed by atoms with van der Waals surface area (Å²) < 4.78 is 20.4. The maximum Gasteiger partial charge on any atom is 0.282 e. The highest BCUT2D eigenvalue weighted by atomic mass is 79.9. The van der Waals surface area contributed by atoms with Crippen molar-refractivity contribution in [3.63, 3.8) is 0 Å². The number of ether oxygens (including phenoxy) is 3. The number of aromatic nitrogens is 5. The first kappa shape index (κ1) is 42.3. The Morgan fingerprint density at radius 1 is 0.967 bits per heavy atom. The number of anilines is 1. The maximum absolute atomic E-state index is 13.2. The number of rotatable bonds is 17. The van der Waals surface area contributed by atoms with Crippen LogP contribution < -0.4 is 26.2 Å². The summed E-state index contributed by atoms with van der Waals surface area (Å²) in [6, 6.07) is 11.4. The Morgan fingerprint density at radius 2 is 1.75 bits per heavy atom. The van der Waals surface area contributed by atoms with Crippen LogP contribution in [0.3, 0.4) is 0 Å². The van der Waals surface area contributed by atoms with Crippen LogP contribution in [-0.4, -0.2) is 129 Å². The van der Waals surface area contributed by atoms with Crippen LogP contribution in [-0.2, 0) is 39.3 Å². The molecule has 0 spiro atoms. The van der Waals surface area contributed by atoms with Crippen LogP contribution >= 0.6 is 15.9 Å². The molecule has 2 fully saturated rings. The van der Waals surface area contributed by atoms with E-state index in [-0.39, 0.29) is 86.2 Å². The summed E-state index contributed by atoms with van der Waals surface area (Å²) in [6.45, 7) is 3.50. The highest BCUT2D eigenvalue weighted by Gasteiger charge is 2.46. The molecule has 60 heavy (non-hydrogen) atoms. The van der Waals surface area contributed by atoms with Gasteiger partial charge in [-0.3, -0.25) is 43.7 Å². The Labute approximate surface area is 352 Å². The van der Waals surface area contributed by atoms with Crippen molar-refractivity contribution in [3.05, 3.63) is 97.6 Å². The minimum Gasteiger partial charge on any atom is -0.490 e. The van der Waals surface area contributed by atoms with Crippen molar-refractivity contribution in [2.45, 2.75) is 50.4 Å². The number of piperidine rings is 2. The summed E-state index contributed by atoms with van der Waals surface area (Å²) in [7, 11) is 3.68. The number of hydrogen-bond acceptors (Lipinski definition) is 14. The van der Waals surface area contributed by atoms with Gasteiger partial charge in [0.2, 0.25) is 11.8 Å². The molecule has 3 atom stereocenters. The van der Waals surface area contributed by atoms with Crippen LogP contribution in [0.25, 0.3) is 0 Å². The quantitative estimate of drug-likeness (QED) is 0.101. The highest BCUT2D eigenvalue weighted by molar-refractivity contribution is 9.10. The van der Waals surface area contributed by atoms with E-state index in [1.165, 1.54) is 10.7 Å². The number of nitrogens with zero attached hydrogens (tertiary/aromatic N) is 7. The predicted molar refractivity (Wildman–Crippen MR) is 217 cm³/mol. The van der Waals surface area contributed by atoms with Gasteiger partial charge in [-0.15, -0.1) is 5.10 Å². The van der Waals surface area contributed by atoms with Gasteiger partial charge in [-0.05, 0) is 71.6 Å². The number of likely N-dealkylation sites (N-methyl/N-ethyl adjacent to an activating group) is 1. The molecular formula is C40H45BrN10O9. The number of carbonyl (C=O) groups is 5. The van der Waals surface area contributed by atoms with Gasteiger partial charge in [-0.25, -0.2) is 4.68 Å². The van der Waals surface area contributed by atoms with Gasteiger partial charge in [0, 0.05) is 44.7 Å². The zero-order valence-electron chi connectivity index (χ0n) is 33.1. The monoisotopic (exact) mass is 888 g/mol. The topological polar surface area (TPSA) is 221 Å². The average Bonchev–Trinajstić information content (AvgIpc) is 3.79. The summed E-state index contributed by atoms with van der Waals surface area (Å²) in [4.78, 5) is 78.5. The Morgan fingerprint density at radius 3 is 2.55 bits per heavy atom. The van der Waals surface area contributed by atoms with Gasteiger partial charge in [-0.1, -0.05) is 23.4 Å². The molecule has 316 valence electrons. The second-order valence-corrected chi connectivity index (χ2v) is 15.6. The van der Waals surface area contributed by atoms with Crippen LogP contribution in [0, 0.1) is 0 Å². The Kier molecular flexibility index (Phi) is 13.4. The molecule has 0 radical (unpaired) electrons. The van der Waals surface area contributed by atoms with Crippen molar-refractivity contribution in [2.24, 2.45) is 7.05 Å². The number of carbonyl (C=O) groups excluding carboxylic acids is 5. The zero-order valence-corrected chi connectivity index (χ0v) is 34.7. The van der Waals surface area contributed by atoms with Gasteiger partial charge < -0.3 is 29.7 Å². The molecule has 5 heterocycles. The van der Waals surface area contributed by atoms with Crippen LogP contribution in [0.4, 0.5) is 5.69 Å². The van der Waals surface area contributed by atoms with Crippen molar-refractivity contribution in [1.29, 1.82) is 0 Å². The number of likely N-dealkylation sites (tertiary alicyclic amines) is 1. The van der Waals surface area contributed by atoms with E-state index in [1.807, 2.05) is 24.3 Å². The van der Waals surface area contributed by atoms with Crippen molar-refractivity contribution in [1.82, 2.24) is 45.2 Å². The van der Waals surface area contributed by atoms with Crippen LogP contribution in [0.2, 0.25) is 0 Å². The molecule has 3 aliphatic rings. The fraction of sp³-hybridized carbons (Fsp3) is 0.425. The Balaban J connectivity index is 0.776. The predicted octanol–water partition coefficient (Wildman–Crippen LogP) is 1.48. The molecule has 3 aliphatic heterocycles. The van der Waals surface area contributed by atoms with Crippen molar-refractivity contribution in [2.75, 3.05) is 58.4 Å². The fourth-order valence-electron chi connectivity index (χ4n) is 7.51. The number of halogens is 1. The molecule has 19 nitrogen and oxygen atoms in total. The lowest BCUT2D eigenvalue weighted by atomic mass is 9.87. The number of aryl methyl sites for hydroxylation is 1. The minimum atomic E-state index is -1.06. The lowest BCUT2D eigenvalue weighted by molar-refractivity contribution is -0.136. The summed E-state index contributed by atoms with van der Waals surface area (Å²) >= 11 is 3.40. The molecule has 0 bridgehead atoms. The second-order valence-electron chi connectivity index (χ2n) is 14.8. The third-order valence-corrected chi connectivity index (χ3v) is 11.2. The molecule has 2 aromatic carbocycles. The molecule has 4 aromatic rings. The number of hydrogen-bond donors (Lipinski definition) is 3. The number of nitrogens with one attached hydrogen (secondary N) is 3. The maximum atomic E-state index is 13.2. The molecule has 20 heteroatoms. The standard InChI is InChI=1S/C40H45BrN10O9/c1-48-20-26(18-27(21-48)44-30-19-43-49(2)40(57)35(30)41)24-6-8-25(9-7-24)36(53)42-12-13-50-22-28(46-47-50)23-59-15-14-58-16-17-60-32-5-3-4-29-34(32)39(56)51(38(29)55)31-10-11-33(52)45-37(31)54/h3-9,19,22,26-27,31,44H,10-18,20-21,23H2,1-2H3,(H,42,53)(H,45,52,54). The lowest BCUT2D eigenvalue weighted by Gasteiger charge is -2.37. The zero-order chi connectivity index (χ0) is 42.3. The Bertz CT molecular complexity index is 2320. The van der Waals surface area contributed by atoms with Gasteiger partial charge in [-0.2, -0.15) is 5.10 Å². The van der Waals surface area contributed by atoms with Crippen LogP contribution in [0.1, 0.15) is 67.5 Å². The normalized spacial score (nSPS) is 19.3. The molecule has 3 unspecified atom stereocenters. The summed E-state index contributed by atoms with van der Waals surface area (Å²) in [5, 5.41) is 21.0. The van der Waals surface area contributed by atoms with Gasteiger partial charge in [0.25, 0.3) is 23.3 Å². The summed E-state index contributed by atoms with van der Waals surface area (Å²) in [6.07, 6.45) is 4.36. The number of benzene rings is 2. The van der Waals surface area contributed by atoms with E-state index in [4.69, 9.17) is 14.2 Å². The SMILES string of the molecule is CN1CC(Nc2cnn(C)c(=O)c2Br)CC(c2ccc(C(=O)NCCn3cc(COCCOCCOc4cccc5c4C(=O)N(C4CCC(=O)NC4=O)C5=O)nn3)cc2)C1. The Hall–Kier alpha value is -5.83. The van der Waals surface area contributed by atoms with Gasteiger partial charge in [0.05, 0.1) is 62.2 Å². The van der Waals surface area contributed by atoms with Gasteiger partial charge in [0.1, 0.15) is 28.6 Å². The fourth-order valence-corrected chi connectivity index (χ4v) is 7.99. The second kappa shape index (κ2) is 19.0. The summed E-state index contributed by atoms with van der Waals surface area (Å²) in [5.41, 5.74) is 3.00. The van der Waals surface area contributed by atoms with Gasteiger partial charge in [0.15, 0.2) is 0 Å². The number of imide groups is 2. The third kappa shape index (κ3) is 9.78. The van der Waals surface area contributed by atoms with Gasteiger partial charge >= 0.3 is 0 Å². The molecule has 3 N–H and O–H groups in total. The van der Waals surface area contributed by atoms with Crippen molar-refractivity contribution < 1.29 is 38.2 Å². The molecule has 0 saturated carbocycles. The van der Waals surface area contributed by atoms with Crippen molar-refractivity contribution >= 4 is 51.2 Å². The van der Waals surface area contributed by atoms with Crippen LogP contribution in [0.15, 0.2) is 64.1 Å². The molecular weight excluding hydrogens is 844 g/mol. The highest BCUT2D eigenvalue weighted by Crippen LogP contribution is 2.34. The van der Waals surface area contributed by atoms with E-state index in [1.54, 1.807) is 36.3 Å². The minimum absolute atomic E-state index is 0.0360. The number of fused-ring (bicyclic) bond motifs is 1. The lowest BCUT2D eigenvalue weighted by Crippen LogP contribution is -2.54. The van der Waals surface area contributed by atoms with E-state index in [0.717, 1.165) is 30.0 Å². The molecule has 7 rings (SSSR count). The van der Waals surface area contributed by atoms with E-state index in [2.05, 4.69) is 59.2 Å². The average molecular weight is 890 g/mol. The van der Waals surface area contributed by atoms with Crippen LogP contribution in [0.5, 0.6) is 5.75 Å². The molecule has 2 aromatic heterocycles. The first-order valence-corrected chi connectivity index (χ1v) is 20.3. The number of amides is 5. The van der Waals surface area contributed by atoms with E-state index in [0.29, 0.717) is 34.5 Å². The summed E-state index contributed by atoms with van der Waals surface area (Å²) in [5.74, 6) is -2.10. The van der Waals surface area contributed by atoms with Crippen molar-refractivity contribution in [3.8, 4) is 5.75 Å². The molecule has 2 saturated heterocycles. The smallest absolute Gasteiger partial charge is 0.282 e.